The van der Waals surface area contributed by atoms with Gasteiger partial charge in [-0.3, -0.25) is 9.59 Å². The van der Waals surface area contributed by atoms with E-state index in [0.717, 1.165) is 25.7 Å². The van der Waals surface area contributed by atoms with E-state index >= 15 is 0 Å². The van der Waals surface area contributed by atoms with E-state index in [0.29, 0.717) is 6.54 Å². The molecule has 2 amide bonds. The Morgan fingerprint density at radius 1 is 1.39 bits per heavy atom. The molecule has 104 valence electrons. The lowest BCUT2D eigenvalue weighted by molar-refractivity contribution is -0.133. The summed E-state index contributed by atoms with van der Waals surface area (Å²) in [6.07, 6.45) is 4.08. The maximum absolute atomic E-state index is 11.7. The van der Waals surface area contributed by atoms with Crippen molar-refractivity contribution < 1.29 is 9.59 Å². The van der Waals surface area contributed by atoms with Crippen molar-refractivity contribution in [2.24, 2.45) is 5.73 Å². The van der Waals surface area contributed by atoms with Gasteiger partial charge in [-0.2, -0.15) is 0 Å². The summed E-state index contributed by atoms with van der Waals surface area (Å²) in [5.41, 5.74) is 5.57. The quantitative estimate of drug-likeness (QED) is 0.773. The molecule has 0 saturated heterocycles. The molecule has 3 atom stereocenters. The molecule has 0 aromatic carbocycles. The van der Waals surface area contributed by atoms with Crippen molar-refractivity contribution in [2.75, 3.05) is 6.54 Å². The minimum atomic E-state index is -0.500. The van der Waals surface area contributed by atoms with E-state index in [1.165, 1.54) is 0 Å². The second kappa shape index (κ2) is 6.73. The van der Waals surface area contributed by atoms with E-state index in [1.807, 2.05) is 11.8 Å². The fourth-order valence-electron chi connectivity index (χ4n) is 2.66. The Morgan fingerprint density at radius 2 is 2.00 bits per heavy atom. The van der Waals surface area contributed by atoms with Gasteiger partial charge in [-0.25, -0.2) is 0 Å². The van der Waals surface area contributed by atoms with Crippen molar-refractivity contribution >= 4 is 11.8 Å². The van der Waals surface area contributed by atoms with Gasteiger partial charge >= 0.3 is 0 Å². The van der Waals surface area contributed by atoms with Crippen LogP contribution in [-0.4, -0.2) is 41.4 Å². The van der Waals surface area contributed by atoms with Gasteiger partial charge in [0.05, 0.1) is 12.1 Å². The van der Waals surface area contributed by atoms with Gasteiger partial charge in [-0.05, 0) is 26.7 Å². The van der Waals surface area contributed by atoms with Gasteiger partial charge in [0.1, 0.15) is 0 Å². The van der Waals surface area contributed by atoms with Gasteiger partial charge in [0.25, 0.3) is 0 Å². The van der Waals surface area contributed by atoms with E-state index in [4.69, 9.17) is 5.73 Å². The summed E-state index contributed by atoms with van der Waals surface area (Å²) in [5.74, 6) is -0.0593. The predicted octanol–water partition coefficient (Wildman–Crippen LogP) is 0.629. The third-order valence-electron chi connectivity index (χ3n) is 3.62. The van der Waals surface area contributed by atoms with Crippen LogP contribution in [-0.2, 0) is 9.59 Å². The van der Waals surface area contributed by atoms with Crippen molar-refractivity contribution in [3.05, 3.63) is 0 Å². The Bertz CT molecular complexity index is 305. The van der Waals surface area contributed by atoms with Gasteiger partial charge < -0.3 is 16.0 Å². The molecule has 0 aromatic rings. The standard InChI is InChI=1S/C13H25N3O2/c1-4-16(10(3)17)12-8-6-5-7-11(12)15-13(18)9(2)14/h9,11-12H,4-8,14H2,1-3H3,(H,15,18)/t9-,11-,12-/m0/s1. The van der Waals surface area contributed by atoms with E-state index in [1.54, 1.807) is 13.8 Å². The number of rotatable bonds is 4. The van der Waals surface area contributed by atoms with Crippen LogP contribution in [0.5, 0.6) is 0 Å². The third-order valence-corrected chi connectivity index (χ3v) is 3.62. The first-order valence-corrected chi connectivity index (χ1v) is 6.80. The summed E-state index contributed by atoms with van der Waals surface area (Å²) >= 11 is 0. The third kappa shape index (κ3) is 3.70. The number of nitrogens with zero attached hydrogens (tertiary/aromatic N) is 1. The van der Waals surface area contributed by atoms with Crippen LogP contribution in [0.25, 0.3) is 0 Å². The summed E-state index contributed by atoms with van der Waals surface area (Å²) in [4.78, 5) is 25.2. The van der Waals surface area contributed by atoms with Crippen LogP contribution in [0.2, 0.25) is 0 Å². The predicted molar refractivity (Wildman–Crippen MR) is 70.9 cm³/mol. The number of hydrogen-bond donors (Lipinski definition) is 2. The Hall–Kier alpha value is -1.10. The van der Waals surface area contributed by atoms with Gasteiger partial charge in [0, 0.05) is 19.5 Å². The van der Waals surface area contributed by atoms with E-state index < -0.39 is 6.04 Å². The highest BCUT2D eigenvalue weighted by Gasteiger charge is 2.32. The lowest BCUT2D eigenvalue weighted by atomic mass is 9.88. The highest BCUT2D eigenvalue weighted by Crippen LogP contribution is 2.23. The summed E-state index contributed by atoms with van der Waals surface area (Å²) in [6.45, 7) is 5.92. The van der Waals surface area contributed by atoms with Crippen molar-refractivity contribution in [1.29, 1.82) is 0 Å². The minimum Gasteiger partial charge on any atom is -0.350 e. The number of carbonyl (C=O) groups is 2. The Balaban J connectivity index is 2.73. The minimum absolute atomic E-state index is 0.0427. The van der Waals surface area contributed by atoms with Crippen molar-refractivity contribution in [3.63, 3.8) is 0 Å². The SMILES string of the molecule is CCN(C(C)=O)[C@H]1CCCC[C@@H]1NC(=O)[C@H](C)N. The number of hydrogen-bond acceptors (Lipinski definition) is 3. The average Bonchev–Trinajstić information content (AvgIpc) is 2.31. The van der Waals surface area contributed by atoms with Crippen molar-refractivity contribution in [3.8, 4) is 0 Å². The second-order valence-corrected chi connectivity index (χ2v) is 5.06. The summed E-state index contributed by atoms with van der Waals surface area (Å²) < 4.78 is 0. The van der Waals surface area contributed by atoms with Crippen LogP contribution in [0, 0.1) is 0 Å². The Morgan fingerprint density at radius 3 is 2.50 bits per heavy atom. The molecule has 5 nitrogen and oxygen atoms in total. The Kier molecular flexibility index (Phi) is 5.59. The molecule has 3 N–H and O–H groups in total. The fourth-order valence-corrected chi connectivity index (χ4v) is 2.66. The van der Waals surface area contributed by atoms with Crippen molar-refractivity contribution in [2.45, 2.75) is 64.6 Å². The molecule has 0 spiro atoms. The first-order chi connectivity index (χ1) is 8.47. The molecule has 0 heterocycles. The second-order valence-electron chi connectivity index (χ2n) is 5.06. The van der Waals surface area contributed by atoms with E-state index in [-0.39, 0.29) is 23.9 Å². The molecule has 1 fully saturated rings. The number of likely N-dealkylation sites (N-methyl/N-ethyl adjacent to an activating group) is 1. The van der Waals surface area contributed by atoms with Crippen LogP contribution >= 0.6 is 0 Å². The number of nitrogens with two attached hydrogens (primary N) is 1. The molecule has 0 aliphatic heterocycles. The zero-order valence-electron chi connectivity index (χ0n) is 11.6. The zero-order valence-corrected chi connectivity index (χ0v) is 11.6. The van der Waals surface area contributed by atoms with E-state index in [2.05, 4.69) is 5.32 Å². The van der Waals surface area contributed by atoms with Crippen LogP contribution in [0.3, 0.4) is 0 Å². The number of amides is 2. The first kappa shape index (κ1) is 15.0. The highest BCUT2D eigenvalue weighted by molar-refractivity contribution is 5.81. The molecule has 0 aromatic heterocycles. The summed E-state index contributed by atoms with van der Waals surface area (Å²) in [6, 6.07) is -0.343. The van der Waals surface area contributed by atoms with Crippen LogP contribution < -0.4 is 11.1 Å². The lowest BCUT2D eigenvalue weighted by Crippen LogP contribution is -2.56. The van der Waals surface area contributed by atoms with Crippen LogP contribution in [0.4, 0.5) is 0 Å². The first-order valence-electron chi connectivity index (χ1n) is 6.80. The molecule has 18 heavy (non-hydrogen) atoms. The maximum Gasteiger partial charge on any atom is 0.236 e. The molecule has 1 saturated carbocycles. The summed E-state index contributed by atoms with van der Waals surface area (Å²) in [7, 11) is 0. The molecule has 0 unspecified atom stereocenters. The van der Waals surface area contributed by atoms with Crippen LogP contribution in [0.1, 0.15) is 46.5 Å². The zero-order chi connectivity index (χ0) is 13.7. The van der Waals surface area contributed by atoms with Gasteiger partial charge in [0.15, 0.2) is 0 Å². The largest absolute Gasteiger partial charge is 0.350 e. The topological polar surface area (TPSA) is 75.4 Å². The fraction of sp³-hybridized carbons (Fsp3) is 0.846. The number of carbonyl (C=O) groups excluding carboxylic acids is 2. The van der Waals surface area contributed by atoms with Gasteiger partial charge in [0.2, 0.25) is 11.8 Å². The van der Waals surface area contributed by atoms with Gasteiger partial charge in [-0.15, -0.1) is 0 Å². The lowest BCUT2D eigenvalue weighted by Gasteiger charge is -2.39. The molecule has 1 aliphatic rings. The van der Waals surface area contributed by atoms with Gasteiger partial charge in [-0.1, -0.05) is 12.8 Å². The van der Waals surface area contributed by atoms with Crippen LogP contribution in [0.15, 0.2) is 0 Å². The Labute approximate surface area is 109 Å². The monoisotopic (exact) mass is 255 g/mol. The molecular weight excluding hydrogens is 230 g/mol. The molecule has 1 rings (SSSR count). The van der Waals surface area contributed by atoms with E-state index in [9.17, 15) is 9.59 Å². The smallest absolute Gasteiger partial charge is 0.236 e. The molecule has 5 heteroatoms. The molecule has 0 radical (unpaired) electrons. The molecular formula is C13H25N3O2. The van der Waals surface area contributed by atoms with Crippen molar-refractivity contribution in [1.82, 2.24) is 10.2 Å². The maximum atomic E-state index is 11.7. The number of nitrogens with one attached hydrogen (secondary N) is 1. The molecule has 0 bridgehead atoms. The normalized spacial score (nSPS) is 25.3. The highest BCUT2D eigenvalue weighted by atomic mass is 16.2. The summed E-state index contributed by atoms with van der Waals surface area (Å²) in [5, 5.41) is 2.98. The molecule has 1 aliphatic carbocycles. The average molecular weight is 255 g/mol.